The van der Waals surface area contributed by atoms with Gasteiger partial charge in [0.15, 0.2) is 0 Å². The van der Waals surface area contributed by atoms with Gasteiger partial charge < -0.3 is 10.6 Å². The van der Waals surface area contributed by atoms with Gasteiger partial charge in [0.2, 0.25) is 5.16 Å². The Balaban J connectivity index is 1.36. The molecular formula is C23H20Cl2N6OS. The number of aromatic nitrogens is 3. The Morgan fingerprint density at radius 2 is 1.76 bits per heavy atom. The van der Waals surface area contributed by atoms with E-state index in [1.54, 1.807) is 6.21 Å². The number of nitrogens with zero attached hydrogens (tertiary/aromatic N) is 4. The van der Waals surface area contributed by atoms with Crippen molar-refractivity contribution in [2.75, 3.05) is 11.3 Å². The highest BCUT2D eigenvalue weighted by Gasteiger charge is 2.10. The molecule has 10 heteroatoms. The second kappa shape index (κ2) is 11.1. The van der Waals surface area contributed by atoms with Crippen molar-refractivity contribution in [3.05, 3.63) is 99.5 Å². The van der Waals surface area contributed by atoms with E-state index in [1.807, 2.05) is 72.8 Å². The zero-order valence-corrected chi connectivity index (χ0v) is 19.7. The van der Waals surface area contributed by atoms with Crippen LogP contribution in [0.3, 0.4) is 0 Å². The van der Waals surface area contributed by atoms with Gasteiger partial charge in [-0.25, -0.2) is 10.1 Å². The Hall–Kier alpha value is -3.20. The number of thioether (sulfide) groups is 1. The van der Waals surface area contributed by atoms with Gasteiger partial charge in [-0.05, 0) is 35.9 Å². The molecule has 0 aliphatic heterocycles. The number of anilines is 1. The lowest BCUT2D eigenvalue weighted by molar-refractivity contribution is 0.306. The molecule has 0 atom stereocenters. The number of ether oxygens (including phenoxy) is 1. The second-order valence-corrected chi connectivity index (χ2v) is 8.67. The molecule has 4 rings (SSSR count). The van der Waals surface area contributed by atoms with Crippen LogP contribution in [0.1, 0.15) is 16.7 Å². The first kappa shape index (κ1) is 23.0. The number of rotatable bonds is 9. The Morgan fingerprint density at radius 1 is 1.00 bits per heavy atom. The number of nitrogen functional groups attached to an aromatic ring is 1. The van der Waals surface area contributed by atoms with Crippen molar-refractivity contribution in [1.29, 1.82) is 0 Å². The lowest BCUT2D eigenvalue weighted by Gasteiger charge is -2.10. The van der Waals surface area contributed by atoms with E-state index in [9.17, 15) is 0 Å². The lowest BCUT2D eigenvalue weighted by atomic mass is 10.2. The van der Waals surface area contributed by atoms with Crippen LogP contribution in [0.2, 0.25) is 10.0 Å². The van der Waals surface area contributed by atoms with Gasteiger partial charge >= 0.3 is 0 Å². The van der Waals surface area contributed by atoms with E-state index < -0.39 is 0 Å². The fourth-order valence-electron chi connectivity index (χ4n) is 2.83. The first-order chi connectivity index (χ1) is 16.1. The van der Waals surface area contributed by atoms with Crippen molar-refractivity contribution < 1.29 is 4.74 Å². The average molecular weight is 499 g/mol. The summed E-state index contributed by atoms with van der Waals surface area (Å²) >= 11 is 13.6. The quantitative estimate of drug-likeness (QED) is 0.135. The highest BCUT2D eigenvalue weighted by atomic mass is 35.5. The molecule has 0 radical (unpaired) electrons. The van der Waals surface area contributed by atoms with Crippen LogP contribution in [0.4, 0.5) is 5.95 Å². The molecule has 7 nitrogen and oxygen atoms in total. The summed E-state index contributed by atoms with van der Waals surface area (Å²) in [6.07, 6.45) is 1.64. The summed E-state index contributed by atoms with van der Waals surface area (Å²) in [6.45, 7) is 0.350. The minimum absolute atomic E-state index is 0.319. The minimum Gasteiger partial charge on any atom is -0.488 e. The molecule has 0 aliphatic carbocycles. The zero-order chi connectivity index (χ0) is 23.0. The molecule has 4 aromatic rings. The summed E-state index contributed by atoms with van der Waals surface area (Å²) < 4.78 is 7.30. The minimum atomic E-state index is 0.319. The molecule has 0 amide bonds. The molecule has 3 aromatic carbocycles. The SMILES string of the molecule is Nn1c(N/N=C/c2ccccc2OCc2ccccc2Cl)nnc1SCc1ccc(Cl)cc1. The van der Waals surface area contributed by atoms with Crippen molar-refractivity contribution >= 4 is 47.1 Å². The van der Waals surface area contributed by atoms with Crippen LogP contribution >= 0.6 is 35.0 Å². The molecular weight excluding hydrogens is 479 g/mol. The van der Waals surface area contributed by atoms with Crippen LogP contribution in [-0.2, 0) is 12.4 Å². The summed E-state index contributed by atoms with van der Waals surface area (Å²) in [5.41, 5.74) is 5.62. The molecule has 0 saturated carbocycles. The van der Waals surface area contributed by atoms with Gasteiger partial charge in [-0.15, -0.1) is 10.2 Å². The van der Waals surface area contributed by atoms with Crippen molar-refractivity contribution in [3.63, 3.8) is 0 Å². The van der Waals surface area contributed by atoms with Gasteiger partial charge in [-0.2, -0.15) is 5.10 Å². The molecule has 0 fully saturated rings. The molecule has 1 aromatic heterocycles. The summed E-state index contributed by atoms with van der Waals surface area (Å²) in [5, 5.41) is 14.3. The third-order valence-electron chi connectivity index (χ3n) is 4.57. The van der Waals surface area contributed by atoms with Crippen LogP contribution < -0.4 is 16.0 Å². The molecule has 1 heterocycles. The number of para-hydroxylation sites is 1. The normalized spacial score (nSPS) is 11.1. The average Bonchev–Trinajstić information content (AvgIpc) is 3.18. The molecule has 168 valence electrons. The number of hydrogen-bond acceptors (Lipinski definition) is 7. The first-order valence-electron chi connectivity index (χ1n) is 9.92. The second-order valence-electron chi connectivity index (χ2n) is 6.88. The van der Waals surface area contributed by atoms with E-state index >= 15 is 0 Å². The maximum Gasteiger partial charge on any atom is 0.264 e. The third kappa shape index (κ3) is 6.19. The summed E-state index contributed by atoms with van der Waals surface area (Å²) in [4.78, 5) is 0. The Labute approximate surface area is 205 Å². The van der Waals surface area contributed by atoms with Crippen molar-refractivity contribution in [2.45, 2.75) is 17.5 Å². The standard InChI is InChI=1S/C23H20Cl2N6OS/c24-19-11-9-16(10-12-19)15-33-23-30-29-22(31(23)26)28-27-13-17-5-2-4-8-21(17)32-14-18-6-1-3-7-20(18)25/h1-13H,14-15,26H2,(H,28,29)/b27-13+. The molecule has 0 bridgehead atoms. The van der Waals surface area contributed by atoms with Crippen molar-refractivity contribution in [1.82, 2.24) is 14.9 Å². The molecule has 0 spiro atoms. The van der Waals surface area contributed by atoms with Gasteiger partial charge in [-0.3, -0.25) is 0 Å². The van der Waals surface area contributed by atoms with Gasteiger partial charge in [0.25, 0.3) is 5.95 Å². The number of nitrogens with one attached hydrogen (secondary N) is 1. The van der Waals surface area contributed by atoms with Crippen LogP contribution in [0.15, 0.2) is 83.1 Å². The molecule has 0 unspecified atom stereocenters. The number of hydrazone groups is 1. The van der Waals surface area contributed by atoms with E-state index in [-0.39, 0.29) is 0 Å². The highest BCUT2D eigenvalue weighted by molar-refractivity contribution is 7.98. The maximum absolute atomic E-state index is 6.21. The van der Waals surface area contributed by atoms with E-state index in [0.29, 0.717) is 39.3 Å². The maximum atomic E-state index is 6.21. The van der Waals surface area contributed by atoms with Crippen molar-refractivity contribution in [3.8, 4) is 5.75 Å². The van der Waals surface area contributed by atoms with E-state index in [1.165, 1.54) is 16.4 Å². The van der Waals surface area contributed by atoms with Gasteiger partial charge in [-0.1, -0.05) is 77.4 Å². The van der Waals surface area contributed by atoms with Gasteiger partial charge in [0.05, 0.1) is 6.21 Å². The summed E-state index contributed by atoms with van der Waals surface area (Å²) in [7, 11) is 0. The van der Waals surface area contributed by atoms with Crippen LogP contribution in [0.25, 0.3) is 0 Å². The van der Waals surface area contributed by atoms with Gasteiger partial charge in [0, 0.05) is 26.9 Å². The summed E-state index contributed by atoms with van der Waals surface area (Å²) in [6, 6.07) is 22.8. The predicted octanol–water partition coefficient (Wildman–Crippen LogP) is 5.62. The number of hydrogen-bond donors (Lipinski definition) is 2. The Bertz CT molecular complexity index is 1250. The number of nitrogens with two attached hydrogens (primary N) is 1. The Kier molecular flexibility index (Phi) is 7.72. The topological polar surface area (TPSA) is 90.3 Å². The van der Waals surface area contributed by atoms with Crippen LogP contribution in [0.5, 0.6) is 5.75 Å². The molecule has 0 aliphatic rings. The number of halogens is 2. The van der Waals surface area contributed by atoms with E-state index in [2.05, 4.69) is 20.7 Å². The smallest absolute Gasteiger partial charge is 0.264 e. The fraction of sp³-hybridized carbons (Fsp3) is 0.0870. The van der Waals surface area contributed by atoms with Crippen LogP contribution in [-0.4, -0.2) is 21.1 Å². The largest absolute Gasteiger partial charge is 0.488 e. The summed E-state index contributed by atoms with van der Waals surface area (Å²) in [5.74, 6) is 7.79. The highest BCUT2D eigenvalue weighted by Crippen LogP contribution is 2.23. The van der Waals surface area contributed by atoms with E-state index in [0.717, 1.165) is 16.7 Å². The molecule has 0 saturated heterocycles. The van der Waals surface area contributed by atoms with Crippen molar-refractivity contribution in [2.24, 2.45) is 5.10 Å². The third-order valence-corrected chi connectivity index (χ3v) is 6.21. The molecule has 33 heavy (non-hydrogen) atoms. The Morgan fingerprint density at radius 3 is 2.58 bits per heavy atom. The molecule has 3 N–H and O–H groups in total. The van der Waals surface area contributed by atoms with E-state index in [4.69, 9.17) is 33.8 Å². The number of benzene rings is 3. The van der Waals surface area contributed by atoms with Gasteiger partial charge in [0.1, 0.15) is 12.4 Å². The van der Waals surface area contributed by atoms with Crippen LogP contribution in [0, 0.1) is 0 Å². The predicted molar refractivity (Wildman–Crippen MR) is 135 cm³/mol. The zero-order valence-electron chi connectivity index (χ0n) is 17.4. The first-order valence-corrected chi connectivity index (χ1v) is 11.7. The monoisotopic (exact) mass is 498 g/mol. The fourth-order valence-corrected chi connectivity index (χ4v) is 3.96. The lowest BCUT2D eigenvalue weighted by Crippen LogP contribution is -2.13.